The molecule has 0 saturated carbocycles. The van der Waals surface area contributed by atoms with Gasteiger partial charge in [-0.2, -0.15) is 0 Å². The lowest BCUT2D eigenvalue weighted by atomic mass is 10.0. The third-order valence-electron chi connectivity index (χ3n) is 4.38. The van der Waals surface area contributed by atoms with E-state index in [1.54, 1.807) is 7.11 Å². The van der Waals surface area contributed by atoms with Gasteiger partial charge in [0.1, 0.15) is 5.75 Å². The molecule has 1 unspecified atom stereocenters. The molecule has 3 aromatic carbocycles. The summed E-state index contributed by atoms with van der Waals surface area (Å²) in [6.45, 7) is 0. The van der Waals surface area contributed by atoms with Crippen molar-refractivity contribution in [2.75, 3.05) is 12.4 Å². The van der Waals surface area contributed by atoms with Gasteiger partial charge in [-0.1, -0.05) is 60.7 Å². The summed E-state index contributed by atoms with van der Waals surface area (Å²) in [5.41, 5.74) is 0.703. The van der Waals surface area contributed by atoms with Gasteiger partial charge in [-0.15, -0.1) is 0 Å². The highest BCUT2D eigenvalue weighted by atomic mass is 16.5. The van der Waals surface area contributed by atoms with Gasteiger partial charge in [-0.25, -0.2) is 9.98 Å². The van der Waals surface area contributed by atoms with E-state index < -0.39 is 5.72 Å². The Morgan fingerprint density at radius 1 is 0.852 bits per heavy atom. The number of hydrogen-bond acceptors (Lipinski definition) is 5. The molecule has 1 heterocycles. The molecule has 1 aliphatic heterocycles. The number of aliphatic imine (C=N–C) groups is 2. The first-order chi connectivity index (χ1) is 13.2. The van der Waals surface area contributed by atoms with Gasteiger partial charge >= 0.3 is 0 Å². The molecule has 0 saturated heterocycles. The van der Waals surface area contributed by atoms with Crippen molar-refractivity contribution >= 4 is 17.4 Å². The molecule has 1 atom stereocenters. The van der Waals surface area contributed by atoms with Crippen LogP contribution in [0.4, 0.5) is 5.69 Å². The van der Waals surface area contributed by atoms with Gasteiger partial charge in [0.25, 0.3) is 0 Å². The number of benzene rings is 3. The molecule has 134 valence electrons. The van der Waals surface area contributed by atoms with Gasteiger partial charge in [0.15, 0.2) is 11.7 Å². The Balaban J connectivity index is 1.74. The largest absolute Gasteiger partial charge is 0.497 e. The lowest BCUT2D eigenvalue weighted by Gasteiger charge is -2.23. The van der Waals surface area contributed by atoms with Gasteiger partial charge in [-0.05, 0) is 24.3 Å². The number of nitrogens with zero attached hydrogens (tertiary/aromatic N) is 2. The Morgan fingerprint density at radius 3 is 2.11 bits per heavy atom. The summed E-state index contributed by atoms with van der Waals surface area (Å²) >= 11 is 0. The Morgan fingerprint density at radius 2 is 1.48 bits per heavy atom. The average Bonchev–Trinajstić information content (AvgIpc) is 3.07. The second-order valence-corrected chi connectivity index (χ2v) is 6.15. The highest BCUT2D eigenvalue weighted by Gasteiger charge is 2.40. The fraction of sp³-hybridized carbons (Fsp3) is 0.0909. The molecule has 0 fully saturated rings. The van der Waals surface area contributed by atoms with Crippen LogP contribution in [0.1, 0.15) is 11.1 Å². The molecule has 0 aromatic heterocycles. The number of aliphatic hydroxyl groups is 1. The van der Waals surface area contributed by atoms with Crippen molar-refractivity contribution in [2.24, 2.45) is 9.98 Å². The monoisotopic (exact) mass is 357 g/mol. The fourth-order valence-electron chi connectivity index (χ4n) is 2.93. The molecule has 0 spiro atoms. The zero-order valence-electron chi connectivity index (χ0n) is 14.8. The number of methoxy groups -OCH3 is 1. The van der Waals surface area contributed by atoms with Crippen molar-refractivity contribution in [3.05, 3.63) is 96.1 Å². The number of rotatable bonds is 4. The quantitative estimate of drug-likeness (QED) is 0.746. The van der Waals surface area contributed by atoms with Gasteiger partial charge in [0, 0.05) is 16.8 Å². The van der Waals surface area contributed by atoms with Crippen LogP contribution in [0.5, 0.6) is 5.75 Å². The summed E-state index contributed by atoms with van der Waals surface area (Å²) in [5.74, 6) is 1.60. The van der Waals surface area contributed by atoms with Gasteiger partial charge in [0.2, 0.25) is 5.72 Å². The summed E-state index contributed by atoms with van der Waals surface area (Å²) < 4.78 is 5.19. The second kappa shape index (κ2) is 7.05. The molecule has 5 heteroatoms. The lowest BCUT2D eigenvalue weighted by Crippen LogP contribution is -2.36. The Labute approximate surface area is 157 Å². The summed E-state index contributed by atoms with van der Waals surface area (Å²) in [4.78, 5) is 9.15. The van der Waals surface area contributed by atoms with E-state index in [0.717, 1.165) is 17.0 Å². The lowest BCUT2D eigenvalue weighted by molar-refractivity contribution is 0.125. The van der Waals surface area contributed by atoms with Crippen LogP contribution in [-0.4, -0.2) is 23.9 Å². The van der Waals surface area contributed by atoms with Crippen molar-refractivity contribution in [1.82, 2.24) is 0 Å². The molecule has 0 aliphatic carbocycles. The number of anilines is 1. The van der Waals surface area contributed by atoms with Gasteiger partial charge < -0.3 is 15.2 Å². The highest BCUT2D eigenvalue weighted by molar-refractivity contribution is 6.17. The summed E-state index contributed by atoms with van der Waals surface area (Å²) in [5, 5.41) is 14.6. The van der Waals surface area contributed by atoms with E-state index in [2.05, 4.69) is 15.3 Å². The minimum Gasteiger partial charge on any atom is -0.497 e. The zero-order chi connectivity index (χ0) is 18.7. The smallest absolute Gasteiger partial charge is 0.244 e. The molecular weight excluding hydrogens is 338 g/mol. The standard InChI is InChI=1S/C22H19N3O2/c1-27-19-14-12-18(13-15-19)23-21-22(26,17-10-6-3-7-11-17)25-20(24-21)16-8-4-2-5-9-16/h2-15,26H,1H3,(H,23,24,25). The van der Waals surface area contributed by atoms with Crippen LogP contribution in [-0.2, 0) is 5.72 Å². The van der Waals surface area contributed by atoms with Crippen molar-refractivity contribution < 1.29 is 9.84 Å². The number of hydrogen-bond donors (Lipinski definition) is 2. The molecule has 5 nitrogen and oxygen atoms in total. The maximum atomic E-state index is 11.4. The topological polar surface area (TPSA) is 66.2 Å². The third kappa shape index (κ3) is 3.32. The molecule has 0 bridgehead atoms. The summed E-state index contributed by atoms with van der Waals surface area (Å²) in [6.07, 6.45) is 0. The van der Waals surface area contributed by atoms with Gasteiger partial charge in [-0.3, -0.25) is 0 Å². The van der Waals surface area contributed by atoms with E-state index in [1.807, 2.05) is 84.9 Å². The Bertz CT molecular complexity index is 983. The molecule has 0 amide bonds. The first-order valence-corrected chi connectivity index (χ1v) is 8.62. The summed E-state index contributed by atoms with van der Waals surface area (Å²) in [6, 6.07) is 26.4. The molecular formula is C22H19N3O2. The molecule has 3 aromatic rings. The highest BCUT2D eigenvalue weighted by Crippen LogP contribution is 2.31. The predicted octanol–water partition coefficient (Wildman–Crippen LogP) is 3.81. The van der Waals surface area contributed by atoms with E-state index in [0.29, 0.717) is 17.2 Å². The normalized spacial score (nSPS) is 18.6. The van der Waals surface area contributed by atoms with Crippen molar-refractivity contribution in [1.29, 1.82) is 0 Å². The number of nitrogens with one attached hydrogen (secondary N) is 1. The van der Waals surface area contributed by atoms with Crippen LogP contribution in [0.3, 0.4) is 0 Å². The number of amidine groups is 2. The minimum atomic E-state index is -1.58. The molecule has 2 N–H and O–H groups in total. The van der Waals surface area contributed by atoms with Crippen molar-refractivity contribution in [2.45, 2.75) is 5.72 Å². The second-order valence-electron chi connectivity index (χ2n) is 6.15. The third-order valence-corrected chi connectivity index (χ3v) is 4.38. The maximum Gasteiger partial charge on any atom is 0.244 e. The van der Waals surface area contributed by atoms with Crippen LogP contribution in [0.15, 0.2) is 94.9 Å². The predicted molar refractivity (Wildman–Crippen MR) is 107 cm³/mol. The molecule has 1 aliphatic rings. The fourth-order valence-corrected chi connectivity index (χ4v) is 2.93. The van der Waals surface area contributed by atoms with E-state index >= 15 is 0 Å². The van der Waals surface area contributed by atoms with E-state index in [1.165, 1.54) is 0 Å². The van der Waals surface area contributed by atoms with Crippen LogP contribution >= 0.6 is 0 Å². The molecule has 0 radical (unpaired) electrons. The van der Waals surface area contributed by atoms with Crippen molar-refractivity contribution in [3.63, 3.8) is 0 Å². The SMILES string of the molecule is COc1ccc(NC2=NC(c3ccccc3)=NC2(O)c2ccccc2)cc1. The zero-order valence-corrected chi connectivity index (χ0v) is 14.8. The van der Waals surface area contributed by atoms with E-state index in [4.69, 9.17) is 4.74 Å². The Kier molecular flexibility index (Phi) is 4.44. The Hall–Kier alpha value is -3.44. The molecule has 27 heavy (non-hydrogen) atoms. The minimum absolute atomic E-state index is 0.359. The van der Waals surface area contributed by atoms with Crippen LogP contribution < -0.4 is 10.1 Å². The van der Waals surface area contributed by atoms with Crippen LogP contribution in [0, 0.1) is 0 Å². The first-order valence-electron chi connectivity index (χ1n) is 8.62. The first kappa shape index (κ1) is 17.0. The van der Waals surface area contributed by atoms with Gasteiger partial charge in [0.05, 0.1) is 7.11 Å². The van der Waals surface area contributed by atoms with E-state index in [-0.39, 0.29) is 0 Å². The van der Waals surface area contributed by atoms with Crippen molar-refractivity contribution in [3.8, 4) is 5.75 Å². The van der Waals surface area contributed by atoms with Crippen LogP contribution in [0.2, 0.25) is 0 Å². The average molecular weight is 357 g/mol. The molecule has 4 rings (SSSR count). The maximum absolute atomic E-state index is 11.4. The summed E-state index contributed by atoms with van der Waals surface area (Å²) in [7, 11) is 1.62. The van der Waals surface area contributed by atoms with E-state index in [9.17, 15) is 5.11 Å². The number of ether oxygens (including phenoxy) is 1. The van der Waals surface area contributed by atoms with Crippen LogP contribution in [0.25, 0.3) is 0 Å².